The molecule has 0 amide bonds. The first-order chi connectivity index (χ1) is 10.3. The number of fused-ring (bicyclic) bond motifs is 3. The van der Waals surface area contributed by atoms with Crippen molar-refractivity contribution in [1.29, 1.82) is 0 Å². The van der Waals surface area contributed by atoms with Crippen LogP contribution in [0, 0.1) is 0 Å². The van der Waals surface area contributed by atoms with Crippen molar-refractivity contribution in [1.82, 2.24) is 20.1 Å². The van der Waals surface area contributed by atoms with Gasteiger partial charge in [0.2, 0.25) is 0 Å². The second-order valence-electron chi connectivity index (χ2n) is 6.39. The maximum absolute atomic E-state index is 12.3. The maximum Gasteiger partial charge on any atom is 0.253 e. The molecule has 21 heavy (non-hydrogen) atoms. The first-order valence-corrected chi connectivity index (χ1v) is 8.07. The Labute approximate surface area is 123 Å². The van der Waals surface area contributed by atoms with Gasteiger partial charge in [0.15, 0.2) is 0 Å². The number of nitrogens with one attached hydrogen (secondary N) is 2. The van der Waals surface area contributed by atoms with Gasteiger partial charge in [-0.2, -0.15) is 5.10 Å². The van der Waals surface area contributed by atoms with E-state index in [1.54, 1.807) is 0 Å². The summed E-state index contributed by atoms with van der Waals surface area (Å²) in [6.45, 7) is 2.11. The molecule has 1 atom stereocenters. The topological polar surface area (TPSA) is 62.7 Å². The summed E-state index contributed by atoms with van der Waals surface area (Å²) in [6.07, 6.45) is 6.64. The summed E-state index contributed by atoms with van der Waals surface area (Å²) in [7, 11) is 1.94. The number of aromatic amines is 1. The first-order valence-electron chi connectivity index (χ1n) is 8.07. The lowest BCUT2D eigenvalue weighted by Gasteiger charge is -2.22. The van der Waals surface area contributed by atoms with Gasteiger partial charge in [-0.3, -0.25) is 9.48 Å². The summed E-state index contributed by atoms with van der Waals surface area (Å²) in [5, 5.41) is 9.48. The smallest absolute Gasteiger partial charge is 0.253 e. The summed E-state index contributed by atoms with van der Waals surface area (Å²) in [4.78, 5) is 15.4. The van der Waals surface area contributed by atoms with Gasteiger partial charge in [-0.15, -0.1) is 0 Å². The number of hydrogen-bond donors (Lipinski definition) is 2. The van der Waals surface area contributed by atoms with Crippen molar-refractivity contribution in [2.75, 3.05) is 13.1 Å². The summed E-state index contributed by atoms with van der Waals surface area (Å²) >= 11 is 0. The third kappa shape index (κ3) is 2.02. The highest BCUT2D eigenvalue weighted by atomic mass is 16.1. The van der Waals surface area contributed by atoms with E-state index in [-0.39, 0.29) is 5.56 Å². The predicted octanol–water partition coefficient (Wildman–Crippen LogP) is 1.61. The molecule has 112 valence electrons. The lowest BCUT2D eigenvalue weighted by Crippen LogP contribution is -2.29. The monoisotopic (exact) mass is 286 g/mol. The number of aromatic nitrogens is 3. The zero-order valence-corrected chi connectivity index (χ0v) is 12.5. The SMILES string of the molecule is Cn1nc(C2CCCNC2)c2c3c(c(=O)[nH]c21)CCCC3. The van der Waals surface area contributed by atoms with Crippen molar-refractivity contribution < 1.29 is 0 Å². The van der Waals surface area contributed by atoms with Crippen molar-refractivity contribution in [2.45, 2.75) is 44.4 Å². The largest absolute Gasteiger partial charge is 0.316 e. The lowest BCUT2D eigenvalue weighted by molar-refractivity contribution is 0.453. The molecule has 2 aromatic heterocycles. The highest BCUT2D eigenvalue weighted by Gasteiger charge is 2.26. The molecule has 0 saturated carbocycles. The summed E-state index contributed by atoms with van der Waals surface area (Å²) in [6, 6.07) is 0. The van der Waals surface area contributed by atoms with E-state index >= 15 is 0 Å². The highest BCUT2D eigenvalue weighted by molar-refractivity contribution is 5.84. The van der Waals surface area contributed by atoms with Crippen LogP contribution in [0.3, 0.4) is 0 Å². The molecule has 2 aliphatic rings. The van der Waals surface area contributed by atoms with Crippen molar-refractivity contribution >= 4 is 11.0 Å². The van der Waals surface area contributed by atoms with Crippen LogP contribution in [0.1, 0.15) is 48.4 Å². The van der Waals surface area contributed by atoms with Crippen molar-refractivity contribution in [3.05, 3.63) is 27.2 Å². The minimum absolute atomic E-state index is 0.0912. The van der Waals surface area contributed by atoms with Gasteiger partial charge in [0.25, 0.3) is 5.56 Å². The minimum atomic E-state index is 0.0912. The molecular weight excluding hydrogens is 264 g/mol. The van der Waals surface area contributed by atoms with Crippen LogP contribution in [0.2, 0.25) is 0 Å². The van der Waals surface area contributed by atoms with Gasteiger partial charge < -0.3 is 10.3 Å². The van der Waals surface area contributed by atoms with Crippen LogP contribution >= 0.6 is 0 Å². The van der Waals surface area contributed by atoms with E-state index in [0.29, 0.717) is 5.92 Å². The molecule has 0 bridgehead atoms. The number of nitrogens with zero attached hydrogens (tertiary/aromatic N) is 2. The van der Waals surface area contributed by atoms with Crippen LogP contribution in [0.15, 0.2) is 4.79 Å². The zero-order valence-electron chi connectivity index (χ0n) is 12.5. The predicted molar refractivity (Wildman–Crippen MR) is 82.8 cm³/mol. The van der Waals surface area contributed by atoms with Gasteiger partial charge in [0, 0.05) is 30.5 Å². The molecule has 3 heterocycles. The third-order valence-electron chi connectivity index (χ3n) is 5.03. The van der Waals surface area contributed by atoms with E-state index in [1.165, 1.54) is 35.9 Å². The average Bonchev–Trinajstić information content (AvgIpc) is 2.86. The van der Waals surface area contributed by atoms with Crippen LogP contribution < -0.4 is 10.9 Å². The number of aryl methyl sites for hydroxylation is 2. The maximum atomic E-state index is 12.3. The second kappa shape index (κ2) is 4.98. The number of H-pyrrole nitrogens is 1. The van der Waals surface area contributed by atoms with E-state index in [4.69, 9.17) is 5.10 Å². The zero-order chi connectivity index (χ0) is 14.4. The molecule has 4 rings (SSSR count). The molecule has 0 spiro atoms. The molecule has 5 heteroatoms. The molecule has 0 radical (unpaired) electrons. The van der Waals surface area contributed by atoms with Gasteiger partial charge in [0.1, 0.15) is 5.65 Å². The molecule has 1 saturated heterocycles. The second-order valence-corrected chi connectivity index (χ2v) is 6.39. The fourth-order valence-corrected chi connectivity index (χ4v) is 3.97. The van der Waals surface area contributed by atoms with Crippen LogP contribution in [0.4, 0.5) is 0 Å². The van der Waals surface area contributed by atoms with Crippen LogP contribution in [0.5, 0.6) is 0 Å². The van der Waals surface area contributed by atoms with Gasteiger partial charge >= 0.3 is 0 Å². The molecule has 1 aliphatic carbocycles. The molecular formula is C16H22N4O. The van der Waals surface area contributed by atoms with Gasteiger partial charge in [0.05, 0.1) is 5.69 Å². The molecule has 1 unspecified atom stereocenters. The molecule has 2 aromatic rings. The third-order valence-corrected chi connectivity index (χ3v) is 5.03. The number of pyridine rings is 1. The highest BCUT2D eigenvalue weighted by Crippen LogP contribution is 2.33. The Bertz CT molecular complexity index is 737. The Morgan fingerprint density at radius 1 is 1.19 bits per heavy atom. The minimum Gasteiger partial charge on any atom is -0.316 e. The quantitative estimate of drug-likeness (QED) is 0.837. The Morgan fingerprint density at radius 3 is 2.76 bits per heavy atom. The summed E-state index contributed by atoms with van der Waals surface area (Å²) < 4.78 is 1.86. The normalized spacial score (nSPS) is 22.4. The van der Waals surface area contributed by atoms with Crippen molar-refractivity contribution in [3.63, 3.8) is 0 Å². The van der Waals surface area contributed by atoms with E-state index in [9.17, 15) is 4.79 Å². The van der Waals surface area contributed by atoms with E-state index in [1.807, 2.05) is 11.7 Å². The standard InChI is InChI=1S/C16H22N4O/c1-20-15-13(14(19-20)10-5-4-8-17-9-10)11-6-2-3-7-12(11)16(21)18-15/h10,17H,2-9H2,1H3,(H,18,21). The Kier molecular flexibility index (Phi) is 3.10. The Morgan fingerprint density at radius 2 is 2.00 bits per heavy atom. The average molecular weight is 286 g/mol. The Hall–Kier alpha value is -1.62. The lowest BCUT2D eigenvalue weighted by atomic mass is 9.87. The van der Waals surface area contributed by atoms with Crippen LogP contribution in [-0.4, -0.2) is 27.9 Å². The summed E-state index contributed by atoms with van der Waals surface area (Å²) in [5.41, 5.74) is 4.46. The van der Waals surface area contributed by atoms with E-state index in [2.05, 4.69) is 10.3 Å². The van der Waals surface area contributed by atoms with Crippen LogP contribution in [0.25, 0.3) is 11.0 Å². The summed E-state index contributed by atoms with van der Waals surface area (Å²) in [5.74, 6) is 0.472. The van der Waals surface area contributed by atoms with Crippen molar-refractivity contribution in [3.8, 4) is 0 Å². The Balaban J connectivity index is 1.97. The fraction of sp³-hybridized carbons (Fsp3) is 0.625. The number of hydrogen-bond acceptors (Lipinski definition) is 3. The van der Waals surface area contributed by atoms with Crippen molar-refractivity contribution in [2.24, 2.45) is 7.05 Å². The fourth-order valence-electron chi connectivity index (χ4n) is 3.97. The van der Waals surface area contributed by atoms with Crippen LogP contribution in [-0.2, 0) is 19.9 Å². The van der Waals surface area contributed by atoms with Gasteiger partial charge in [-0.25, -0.2) is 0 Å². The number of rotatable bonds is 1. The first kappa shape index (κ1) is 13.1. The number of piperidine rings is 1. The van der Waals surface area contributed by atoms with E-state index in [0.717, 1.165) is 43.6 Å². The van der Waals surface area contributed by atoms with Gasteiger partial charge in [-0.05, 0) is 50.6 Å². The molecule has 5 nitrogen and oxygen atoms in total. The van der Waals surface area contributed by atoms with Gasteiger partial charge in [-0.1, -0.05) is 0 Å². The molecule has 1 fully saturated rings. The molecule has 1 aliphatic heterocycles. The molecule has 2 N–H and O–H groups in total. The van der Waals surface area contributed by atoms with E-state index < -0.39 is 0 Å². The molecule has 0 aromatic carbocycles.